The summed E-state index contributed by atoms with van der Waals surface area (Å²) < 4.78 is 27.2. The summed E-state index contributed by atoms with van der Waals surface area (Å²) in [5.41, 5.74) is 4.72. The zero-order valence-corrected chi connectivity index (χ0v) is 19.1. The Labute approximate surface area is 192 Å². The summed E-state index contributed by atoms with van der Waals surface area (Å²) in [5, 5.41) is 7.33. The molecule has 0 aliphatic carbocycles. The van der Waals surface area contributed by atoms with Gasteiger partial charge in [0, 0.05) is 5.56 Å². The largest absolute Gasteiger partial charge is 0.486 e. The lowest BCUT2D eigenvalue weighted by atomic mass is 10.1. The fourth-order valence-electron chi connectivity index (χ4n) is 3.74. The Morgan fingerprint density at radius 2 is 1.79 bits per heavy atom. The van der Waals surface area contributed by atoms with E-state index in [1.807, 2.05) is 32.9 Å². The molecule has 0 aliphatic rings. The maximum Gasteiger partial charge on any atom is 0.291 e. The van der Waals surface area contributed by atoms with Crippen LogP contribution in [0.5, 0.6) is 5.75 Å². The molecule has 2 heterocycles. The highest BCUT2D eigenvalue weighted by atomic mass is 19.1. The Balaban J connectivity index is 1.43. The lowest BCUT2D eigenvalue weighted by Gasteiger charge is -2.08. The molecule has 6 nitrogen and oxygen atoms in total. The van der Waals surface area contributed by atoms with Crippen LogP contribution in [-0.2, 0) is 13.2 Å². The van der Waals surface area contributed by atoms with E-state index >= 15 is 0 Å². The number of ether oxygens (including phenoxy) is 1. The Bertz CT molecular complexity index is 1290. The zero-order chi connectivity index (χ0) is 23.5. The lowest BCUT2D eigenvalue weighted by Crippen LogP contribution is -2.12. The SMILES string of the molecule is Cc1cc(C)cc(OCc2ccc(C(=O)Nc3c(C)nn(Cc4ccccc4F)c3C)o2)c1. The molecule has 0 saturated heterocycles. The van der Waals surface area contributed by atoms with Gasteiger partial charge in [0.1, 0.15) is 23.9 Å². The van der Waals surface area contributed by atoms with Crippen LogP contribution in [-0.4, -0.2) is 15.7 Å². The van der Waals surface area contributed by atoms with Crippen molar-refractivity contribution in [1.29, 1.82) is 0 Å². The van der Waals surface area contributed by atoms with Gasteiger partial charge in [-0.2, -0.15) is 5.10 Å². The number of aryl methyl sites for hydroxylation is 3. The number of nitrogens with one attached hydrogen (secondary N) is 1. The number of benzene rings is 2. The molecule has 33 heavy (non-hydrogen) atoms. The minimum atomic E-state index is -0.385. The summed E-state index contributed by atoms with van der Waals surface area (Å²) >= 11 is 0. The Kier molecular flexibility index (Phi) is 6.31. The number of anilines is 1. The van der Waals surface area contributed by atoms with Gasteiger partial charge in [-0.1, -0.05) is 24.3 Å². The molecule has 0 atom stereocenters. The molecule has 4 aromatic rings. The molecule has 0 radical (unpaired) electrons. The lowest BCUT2D eigenvalue weighted by molar-refractivity contribution is 0.0992. The van der Waals surface area contributed by atoms with Crippen molar-refractivity contribution in [3.05, 3.63) is 100 Å². The summed E-state index contributed by atoms with van der Waals surface area (Å²) in [6, 6.07) is 15.9. The van der Waals surface area contributed by atoms with Gasteiger partial charge in [-0.3, -0.25) is 9.48 Å². The Morgan fingerprint density at radius 3 is 2.52 bits per heavy atom. The number of carbonyl (C=O) groups is 1. The predicted molar refractivity (Wildman–Crippen MR) is 124 cm³/mol. The molecule has 2 aromatic heterocycles. The van der Waals surface area contributed by atoms with Crippen molar-refractivity contribution >= 4 is 11.6 Å². The predicted octanol–water partition coefficient (Wildman–Crippen LogP) is 5.73. The van der Waals surface area contributed by atoms with E-state index in [1.165, 1.54) is 6.07 Å². The van der Waals surface area contributed by atoms with Crippen molar-refractivity contribution in [3.63, 3.8) is 0 Å². The first kappa shape index (κ1) is 22.3. The molecule has 0 saturated carbocycles. The number of halogens is 1. The number of amides is 1. The second kappa shape index (κ2) is 9.32. The van der Waals surface area contributed by atoms with Crippen LogP contribution in [0.2, 0.25) is 0 Å². The van der Waals surface area contributed by atoms with Crippen molar-refractivity contribution in [2.24, 2.45) is 0 Å². The Morgan fingerprint density at radius 1 is 1.06 bits per heavy atom. The second-order valence-electron chi connectivity index (χ2n) is 8.13. The van der Waals surface area contributed by atoms with Gasteiger partial charge in [0.2, 0.25) is 0 Å². The van der Waals surface area contributed by atoms with Gasteiger partial charge in [0.25, 0.3) is 5.91 Å². The van der Waals surface area contributed by atoms with Gasteiger partial charge >= 0.3 is 0 Å². The highest BCUT2D eigenvalue weighted by Crippen LogP contribution is 2.23. The third kappa shape index (κ3) is 5.14. The average Bonchev–Trinajstić information content (AvgIpc) is 3.34. The molecule has 7 heteroatoms. The van der Waals surface area contributed by atoms with Crippen LogP contribution in [0.4, 0.5) is 10.1 Å². The number of aromatic nitrogens is 2. The third-order valence-corrected chi connectivity index (χ3v) is 5.36. The molecule has 0 fully saturated rings. The van der Waals surface area contributed by atoms with Crippen LogP contribution >= 0.6 is 0 Å². The molecule has 0 bridgehead atoms. The van der Waals surface area contributed by atoms with Crippen LogP contribution < -0.4 is 10.1 Å². The molecule has 0 spiro atoms. The standard InChI is InChI=1S/C26H26FN3O3/c1-16-11-17(2)13-22(12-16)32-15-21-9-10-24(33-21)26(31)28-25-18(3)29-30(19(25)4)14-20-7-5-6-8-23(20)27/h5-13H,14-15H2,1-4H3,(H,28,31). The second-order valence-corrected chi connectivity index (χ2v) is 8.13. The third-order valence-electron chi connectivity index (χ3n) is 5.36. The molecule has 4 rings (SSSR count). The Hall–Kier alpha value is -3.87. The van der Waals surface area contributed by atoms with Crippen molar-refractivity contribution in [1.82, 2.24) is 9.78 Å². The summed E-state index contributed by atoms with van der Waals surface area (Å²) in [6.07, 6.45) is 0. The van der Waals surface area contributed by atoms with E-state index in [0.717, 1.165) is 22.6 Å². The van der Waals surface area contributed by atoms with E-state index in [4.69, 9.17) is 9.15 Å². The van der Waals surface area contributed by atoms with Gasteiger partial charge in [-0.25, -0.2) is 4.39 Å². The first-order valence-electron chi connectivity index (χ1n) is 10.7. The van der Waals surface area contributed by atoms with Gasteiger partial charge < -0.3 is 14.5 Å². The molecule has 1 amide bonds. The number of furan rings is 1. The number of carbonyl (C=O) groups excluding carboxylic acids is 1. The minimum absolute atomic E-state index is 0.176. The highest BCUT2D eigenvalue weighted by Gasteiger charge is 2.18. The first-order chi connectivity index (χ1) is 15.8. The number of hydrogen-bond donors (Lipinski definition) is 1. The number of nitrogens with zero attached hydrogens (tertiary/aromatic N) is 2. The fourth-order valence-corrected chi connectivity index (χ4v) is 3.74. The van der Waals surface area contributed by atoms with Crippen LogP contribution in [0.1, 0.15) is 44.4 Å². The number of rotatable bonds is 7. The topological polar surface area (TPSA) is 69.3 Å². The molecule has 2 aromatic carbocycles. The molecular formula is C26H26FN3O3. The smallest absolute Gasteiger partial charge is 0.291 e. The van der Waals surface area contributed by atoms with Crippen LogP contribution in [0, 0.1) is 33.5 Å². The molecule has 170 valence electrons. The monoisotopic (exact) mass is 447 g/mol. The normalized spacial score (nSPS) is 10.9. The zero-order valence-electron chi connectivity index (χ0n) is 19.1. The summed E-state index contributed by atoms with van der Waals surface area (Å²) in [5.74, 6) is 0.798. The van der Waals surface area contributed by atoms with E-state index in [1.54, 1.807) is 41.9 Å². The minimum Gasteiger partial charge on any atom is -0.486 e. The molecule has 0 aliphatic heterocycles. The fraction of sp³-hybridized carbons (Fsp3) is 0.231. The van der Waals surface area contributed by atoms with Crippen molar-refractivity contribution < 1.29 is 18.3 Å². The van der Waals surface area contributed by atoms with Crippen molar-refractivity contribution in [2.45, 2.75) is 40.8 Å². The van der Waals surface area contributed by atoms with E-state index in [9.17, 15) is 9.18 Å². The highest BCUT2D eigenvalue weighted by molar-refractivity contribution is 6.02. The van der Waals surface area contributed by atoms with Crippen LogP contribution in [0.25, 0.3) is 0 Å². The number of hydrogen-bond acceptors (Lipinski definition) is 4. The first-order valence-corrected chi connectivity index (χ1v) is 10.7. The summed E-state index contributed by atoms with van der Waals surface area (Å²) in [7, 11) is 0. The maximum atomic E-state index is 14.0. The van der Waals surface area contributed by atoms with Gasteiger partial charge in [0.05, 0.1) is 23.6 Å². The van der Waals surface area contributed by atoms with Gasteiger partial charge in [-0.15, -0.1) is 0 Å². The average molecular weight is 448 g/mol. The van der Waals surface area contributed by atoms with Crippen molar-refractivity contribution in [2.75, 3.05) is 5.32 Å². The van der Waals surface area contributed by atoms with Gasteiger partial charge in [0.15, 0.2) is 5.76 Å². The maximum absolute atomic E-state index is 14.0. The molecular weight excluding hydrogens is 421 g/mol. The van der Waals surface area contributed by atoms with Crippen molar-refractivity contribution in [3.8, 4) is 5.75 Å². The van der Waals surface area contributed by atoms with Gasteiger partial charge in [-0.05, 0) is 69.2 Å². The van der Waals surface area contributed by atoms with E-state index in [-0.39, 0.29) is 30.6 Å². The van der Waals surface area contributed by atoms with E-state index in [2.05, 4.69) is 16.5 Å². The molecule has 0 unspecified atom stereocenters. The van der Waals surface area contributed by atoms with E-state index < -0.39 is 0 Å². The summed E-state index contributed by atoms with van der Waals surface area (Å²) in [6.45, 7) is 8.15. The van der Waals surface area contributed by atoms with Crippen LogP contribution in [0.3, 0.4) is 0 Å². The van der Waals surface area contributed by atoms with Crippen LogP contribution in [0.15, 0.2) is 59.0 Å². The summed E-state index contributed by atoms with van der Waals surface area (Å²) in [4.78, 5) is 12.8. The molecule has 1 N–H and O–H groups in total. The van der Waals surface area contributed by atoms with E-state index in [0.29, 0.717) is 22.7 Å². The quantitative estimate of drug-likeness (QED) is 0.393.